The van der Waals surface area contributed by atoms with Crippen molar-refractivity contribution in [3.63, 3.8) is 0 Å². The Labute approximate surface area is 453 Å². The van der Waals surface area contributed by atoms with E-state index in [0.717, 1.165) is 61.6 Å². The number of unbranched alkanes of at least 4 members (excludes halogenated alkanes) is 34. The minimum Gasteiger partial charge on any atom is -0.452 e. The van der Waals surface area contributed by atoms with Gasteiger partial charge in [0.2, 0.25) is 0 Å². The number of hydrogen-bond acceptors (Lipinski definition) is 6. The fourth-order valence-corrected chi connectivity index (χ4v) is 10.9. The molecule has 0 saturated heterocycles. The van der Waals surface area contributed by atoms with Gasteiger partial charge in [0, 0.05) is 6.92 Å². The molecule has 4 atom stereocenters. The molecule has 0 unspecified atom stereocenters. The van der Waals surface area contributed by atoms with Crippen molar-refractivity contribution in [3.8, 4) is 0 Å². The molecule has 0 radical (unpaired) electrons. The SMILES string of the molecule is CCCCCCCCCCCCCCCCCCCCCCCC[C@@H](OC(C)=O)C(=O)N[C@@H](COC(c1ccccc1)(c1ccccc1)c1ccccc1)[C@H](O)[C@H](O)CCCCCCCCCCCCCCCC. The van der Waals surface area contributed by atoms with Crippen LogP contribution in [0.4, 0.5) is 0 Å². The van der Waals surface area contributed by atoms with Gasteiger partial charge in [0.1, 0.15) is 11.7 Å². The van der Waals surface area contributed by atoms with Crippen LogP contribution in [-0.2, 0) is 24.7 Å². The summed E-state index contributed by atoms with van der Waals surface area (Å²) in [4.78, 5) is 26.7. The van der Waals surface area contributed by atoms with Gasteiger partial charge in [0.05, 0.1) is 18.8 Å². The molecule has 0 aliphatic rings. The Morgan fingerprint density at radius 3 is 1.01 bits per heavy atom. The number of carbonyl (C=O) groups excluding carboxylic acids is 2. The van der Waals surface area contributed by atoms with Crippen LogP contribution in [-0.4, -0.2) is 53.1 Å². The summed E-state index contributed by atoms with van der Waals surface area (Å²) in [7, 11) is 0. The van der Waals surface area contributed by atoms with E-state index in [9.17, 15) is 19.8 Å². The number of rotatable bonds is 49. The van der Waals surface area contributed by atoms with Crippen molar-refractivity contribution >= 4 is 11.9 Å². The minimum atomic E-state index is -1.33. The fourth-order valence-electron chi connectivity index (χ4n) is 10.9. The molecule has 0 aromatic heterocycles. The molecule has 418 valence electrons. The first-order chi connectivity index (χ1) is 36.3. The third-order valence-electron chi connectivity index (χ3n) is 15.4. The summed E-state index contributed by atoms with van der Waals surface area (Å²) in [5.74, 6) is -1.00. The van der Waals surface area contributed by atoms with E-state index in [4.69, 9.17) is 9.47 Å². The molecule has 1 amide bonds. The summed E-state index contributed by atoms with van der Waals surface area (Å²) in [6.45, 7) is 5.77. The lowest BCUT2D eigenvalue weighted by atomic mass is 9.80. The topological polar surface area (TPSA) is 105 Å². The van der Waals surface area contributed by atoms with Crippen LogP contribution in [0.1, 0.15) is 281 Å². The summed E-state index contributed by atoms with van der Waals surface area (Å²) in [6, 6.07) is 29.0. The Morgan fingerprint density at radius 1 is 0.432 bits per heavy atom. The molecule has 74 heavy (non-hydrogen) atoms. The van der Waals surface area contributed by atoms with E-state index in [0.29, 0.717) is 12.8 Å². The third-order valence-corrected chi connectivity index (χ3v) is 15.4. The van der Waals surface area contributed by atoms with E-state index in [1.165, 1.54) is 193 Å². The summed E-state index contributed by atoms with van der Waals surface area (Å²) >= 11 is 0. The number of aliphatic hydroxyl groups is 2. The van der Waals surface area contributed by atoms with E-state index in [-0.39, 0.29) is 6.61 Å². The van der Waals surface area contributed by atoms with Crippen LogP contribution in [0.25, 0.3) is 0 Å². The van der Waals surface area contributed by atoms with Crippen LogP contribution < -0.4 is 5.32 Å². The molecule has 3 aromatic rings. The number of hydrogen-bond donors (Lipinski definition) is 3. The Bertz CT molecular complexity index is 1640. The van der Waals surface area contributed by atoms with Crippen LogP contribution >= 0.6 is 0 Å². The number of benzene rings is 3. The highest BCUT2D eigenvalue weighted by Gasteiger charge is 2.40. The standard InChI is InChI=1S/C67H109NO6/c1-4-6-8-10-12-14-16-18-20-21-22-23-24-25-26-27-29-31-33-35-37-48-56-64(74-58(3)69)66(72)68-62(65(71)63(70)55-47-36-34-32-30-28-19-17-15-13-11-9-7-5-2)57-73-67(59-49-41-38-42-50-59,60-51-43-39-44-52-60)61-53-45-40-46-54-61/h38-46,49-54,62-65,70-71H,4-37,47-48,55-57H2,1-3H3,(H,68,72)/t62-,63+,64+,65-/m0/s1. The number of esters is 1. The van der Waals surface area contributed by atoms with Crippen molar-refractivity contribution in [3.05, 3.63) is 108 Å². The van der Waals surface area contributed by atoms with Gasteiger partial charge in [-0.3, -0.25) is 9.59 Å². The quantitative estimate of drug-likeness (QED) is 0.0296. The van der Waals surface area contributed by atoms with E-state index < -0.39 is 41.8 Å². The molecule has 0 bridgehead atoms. The van der Waals surface area contributed by atoms with Gasteiger partial charge in [-0.1, -0.05) is 330 Å². The van der Waals surface area contributed by atoms with Gasteiger partial charge in [-0.15, -0.1) is 0 Å². The molecule has 0 aliphatic carbocycles. The van der Waals surface area contributed by atoms with Gasteiger partial charge in [-0.2, -0.15) is 0 Å². The third kappa shape index (κ3) is 28.6. The Hall–Kier alpha value is -3.52. The summed E-state index contributed by atoms with van der Waals surface area (Å²) in [5, 5.41) is 26.7. The first-order valence-electron chi connectivity index (χ1n) is 31.0. The van der Waals surface area contributed by atoms with Crippen molar-refractivity contribution < 1.29 is 29.3 Å². The Kier molecular flexibility index (Phi) is 38.1. The lowest BCUT2D eigenvalue weighted by Gasteiger charge is -2.38. The molecular weight excluding hydrogens is 915 g/mol. The van der Waals surface area contributed by atoms with Crippen LogP contribution in [0.15, 0.2) is 91.0 Å². The first kappa shape index (κ1) is 64.8. The smallest absolute Gasteiger partial charge is 0.303 e. The van der Waals surface area contributed by atoms with Crippen LogP contribution in [0.5, 0.6) is 0 Å². The van der Waals surface area contributed by atoms with Gasteiger partial charge in [-0.05, 0) is 36.0 Å². The second-order valence-electron chi connectivity index (χ2n) is 22.0. The fraction of sp³-hybridized carbons (Fsp3) is 0.701. The van der Waals surface area contributed by atoms with Gasteiger partial charge in [0.25, 0.3) is 5.91 Å². The van der Waals surface area contributed by atoms with Gasteiger partial charge in [-0.25, -0.2) is 0 Å². The normalized spacial score (nSPS) is 13.4. The number of amides is 1. The average molecular weight is 1020 g/mol. The highest BCUT2D eigenvalue weighted by molar-refractivity contribution is 5.83. The molecule has 0 fully saturated rings. The molecule has 3 aromatic carbocycles. The molecule has 0 heterocycles. The number of nitrogens with one attached hydrogen (secondary N) is 1. The molecule has 3 N–H and O–H groups in total. The van der Waals surface area contributed by atoms with Crippen molar-refractivity contribution in [2.75, 3.05) is 6.61 Å². The molecule has 3 rings (SSSR count). The predicted octanol–water partition coefficient (Wildman–Crippen LogP) is 18.0. The van der Waals surface area contributed by atoms with E-state index in [2.05, 4.69) is 19.2 Å². The van der Waals surface area contributed by atoms with Gasteiger partial charge in [0.15, 0.2) is 6.10 Å². The van der Waals surface area contributed by atoms with Crippen molar-refractivity contribution in [2.24, 2.45) is 0 Å². The lowest BCUT2D eigenvalue weighted by molar-refractivity contribution is -0.155. The van der Waals surface area contributed by atoms with E-state index in [1.807, 2.05) is 91.0 Å². The number of ether oxygens (including phenoxy) is 2. The zero-order chi connectivity index (χ0) is 53.0. The largest absolute Gasteiger partial charge is 0.452 e. The zero-order valence-electron chi connectivity index (χ0n) is 47.6. The van der Waals surface area contributed by atoms with Gasteiger partial charge >= 0.3 is 5.97 Å². The second kappa shape index (κ2) is 43.6. The second-order valence-corrected chi connectivity index (χ2v) is 22.0. The number of carbonyl (C=O) groups is 2. The predicted molar refractivity (Wildman–Crippen MR) is 311 cm³/mol. The molecule has 0 saturated carbocycles. The molecule has 0 aliphatic heterocycles. The summed E-state index contributed by atoms with van der Waals surface area (Å²) in [6.07, 6.45) is 43.4. The van der Waals surface area contributed by atoms with E-state index in [1.54, 1.807) is 0 Å². The molecule has 0 spiro atoms. The monoisotopic (exact) mass is 1020 g/mol. The van der Waals surface area contributed by atoms with Crippen molar-refractivity contribution in [2.45, 2.75) is 295 Å². The summed E-state index contributed by atoms with van der Waals surface area (Å²) < 4.78 is 12.8. The average Bonchev–Trinajstić information content (AvgIpc) is 3.42. The lowest BCUT2D eigenvalue weighted by Crippen LogP contribution is -2.55. The highest BCUT2D eigenvalue weighted by atomic mass is 16.5. The number of aliphatic hydroxyl groups excluding tert-OH is 2. The maximum atomic E-state index is 14.3. The van der Waals surface area contributed by atoms with Crippen LogP contribution in [0.2, 0.25) is 0 Å². The Morgan fingerprint density at radius 2 is 0.716 bits per heavy atom. The van der Waals surface area contributed by atoms with Crippen molar-refractivity contribution in [1.82, 2.24) is 5.32 Å². The molecule has 7 nitrogen and oxygen atoms in total. The minimum absolute atomic E-state index is 0.117. The van der Waals surface area contributed by atoms with Crippen molar-refractivity contribution in [1.29, 1.82) is 0 Å². The first-order valence-corrected chi connectivity index (χ1v) is 31.0. The van der Waals surface area contributed by atoms with Gasteiger partial charge < -0.3 is 25.0 Å². The zero-order valence-corrected chi connectivity index (χ0v) is 47.6. The van der Waals surface area contributed by atoms with Crippen LogP contribution in [0.3, 0.4) is 0 Å². The Balaban J connectivity index is 1.52. The summed E-state index contributed by atoms with van der Waals surface area (Å²) in [5.41, 5.74) is 1.57. The molecular formula is C67H109NO6. The van der Waals surface area contributed by atoms with Crippen LogP contribution in [0, 0.1) is 0 Å². The highest BCUT2D eigenvalue weighted by Crippen LogP contribution is 2.41. The maximum Gasteiger partial charge on any atom is 0.303 e. The van der Waals surface area contributed by atoms with E-state index >= 15 is 0 Å². The molecule has 7 heteroatoms. The maximum absolute atomic E-state index is 14.3.